The van der Waals surface area contributed by atoms with Crippen molar-refractivity contribution in [1.29, 1.82) is 0 Å². The maximum Gasteiger partial charge on any atom is 0.269 e. The molecule has 0 radical (unpaired) electrons. The van der Waals surface area contributed by atoms with Gasteiger partial charge in [0.1, 0.15) is 18.2 Å². The predicted molar refractivity (Wildman–Crippen MR) is 68.9 cm³/mol. The van der Waals surface area contributed by atoms with E-state index in [4.69, 9.17) is 10.5 Å². The topological polar surface area (TPSA) is 90.1 Å². The van der Waals surface area contributed by atoms with Gasteiger partial charge in [0.15, 0.2) is 5.69 Å². The highest BCUT2D eigenvalue weighted by Gasteiger charge is 2.23. The van der Waals surface area contributed by atoms with Gasteiger partial charge in [0.25, 0.3) is 5.91 Å². The van der Waals surface area contributed by atoms with Crippen molar-refractivity contribution in [2.24, 2.45) is 5.73 Å². The molecule has 3 rings (SSSR count). The number of hydrogen-bond acceptors (Lipinski definition) is 5. The second-order valence-corrected chi connectivity index (χ2v) is 4.21. The minimum Gasteiger partial charge on any atom is -0.491 e. The lowest BCUT2D eigenvalue weighted by atomic mass is 10.1. The first-order chi connectivity index (χ1) is 9.24. The monoisotopic (exact) mass is 256 g/mol. The molecule has 96 valence electrons. The summed E-state index contributed by atoms with van der Waals surface area (Å²) in [6, 6.07) is 11.1. The van der Waals surface area contributed by atoms with Gasteiger partial charge in [0.05, 0.1) is 6.04 Å². The Bertz CT molecular complexity index is 612. The van der Waals surface area contributed by atoms with Crippen LogP contribution in [-0.4, -0.2) is 22.7 Å². The molecule has 0 saturated carbocycles. The number of anilines is 1. The van der Waals surface area contributed by atoms with Gasteiger partial charge in [0.2, 0.25) is 0 Å². The maximum atomic E-state index is 10.9. The Balaban J connectivity index is 1.78. The summed E-state index contributed by atoms with van der Waals surface area (Å²) in [5.74, 6) is 0.866. The summed E-state index contributed by atoms with van der Waals surface area (Å²) in [6.45, 7) is 0.540. The van der Waals surface area contributed by atoms with Crippen LogP contribution in [0.1, 0.15) is 22.1 Å². The number of carbonyl (C=O) groups is 1. The third kappa shape index (κ3) is 2.20. The second-order valence-electron chi connectivity index (χ2n) is 4.21. The third-order valence-electron chi connectivity index (χ3n) is 2.94. The van der Waals surface area contributed by atoms with E-state index in [9.17, 15) is 4.79 Å². The molecule has 1 aliphatic heterocycles. The van der Waals surface area contributed by atoms with Crippen molar-refractivity contribution in [3.05, 3.63) is 47.7 Å². The molecular formula is C13H12N4O2. The van der Waals surface area contributed by atoms with Crippen LogP contribution >= 0.6 is 0 Å². The number of aromatic nitrogens is 2. The van der Waals surface area contributed by atoms with Gasteiger partial charge < -0.3 is 15.8 Å². The number of nitrogens with zero attached hydrogens (tertiary/aromatic N) is 2. The number of fused-ring (bicyclic) bond motifs is 1. The number of primary amides is 1. The van der Waals surface area contributed by atoms with E-state index in [1.54, 1.807) is 12.1 Å². The number of carbonyl (C=O) groups excluding carboxylic acids is 1. The second kappa shape index (κ2) is 4.56. The Labute approximate surface area is 109 Å². The first-order valence-corrected chi connectivity index (χ1v) is 5.86. The fourth-order valence-electron chi connectivity index (χ4n) is 2.00. The van der Waals surface area contributed by atoms with Crippen molar-refractivity contribution < 1.29 is 9.53 Å². The van der Waals surface area contributed by atoms with Crippen molar-refractivity contribution in [3.63, 3.8) is 0 Å². The maximum absolute atomic E-state index is 10.9. The van der Waals surface area contributed by atoms with Gasteiger partial charge in [-0.25, -0.2) is 0 Å². The zero-order chi connectivity index (χ0) is 13.2. The van der Waals surface area contributed by atoms with Gasteiger partial charge in [0, 0.05) is 5.56 Å². The average molecular weight is 256 g/mol. The molecular weight excluding hydrogens is 244 g/mol. The standard InChI is InChI=1S/C13H12N4O2/c14-13(18)9-5-6-12(17-16-9)15-10-7-19-11-4-2-1-3-8(10)11/h1-6,10H,7H2,(H2,14,18)(H,15,17). The minimum absolute atomic E-state index is 0.0323. The molecule has 6 heteroatoms. The Hall–Kier alpha value is -2.63. The fraction of sp³-hybridized carbons (Fsp3) is 0.154. The molecule has 1 atom stereocenters. The number of nitrogens with two attached hydrogens (primary N) is 1. The molecule has 19 heavy (non-hydrogen) atoms. The van der Waals surface area contributed by atoms with Crippen LogP contribution in [0, 0.1) is 0 Å². The number of amides is 1. The predicted octanol–water partition coefficient (Wildman–Crippen LogP) is 1.12. The largest absolute Gasteiger partial charge is 0.491 e. The lowest BCUT2D eigenvalue weighted by molar-refractivity contribution is 0.0994. The lowest BCUT2D eigenvalue weighted by Gasteiger charge is -2.11. The zero-order valence-corrected chi connectivity index (χ0v) is 10.0. The molecule has 2 heterocycles. The summed E-state index contributed by atoms with van der Waals surface area (Å²) < 4.78 is 5.56. The van der Waals surface area contributed by atoms with Gasteiger partial charge in [-0.2, -0.15) is 0 Å². The van der Waals surface area contributed by atoms with Crippen LogP contribution in [0.15, 0.2) is 36.4 Å². The van der Waals surface area contributed by atoms with Crippen molar-refractivity contribution in [1.82, 2.24) is 10.2 Å². The van der Waals surface area contributed by atoms with Crippen molar-refractivity contribution in [3.8, 4) is 5.75 Å². The highest BCUT2D eigenvalue weighted by molar-refractivity contribution is 5.90. The first-order valence-electron chi connectivity index (χ1n) is 5.86. The van der Waals surface area contributed by atoms with E-state index in [2.05, 4.69) is 15.5 Å². The molecule has 3 N–H and O–H groups in total. The van der Waals surface area contributed by atoms with Crippen molar-refractivity contribution >= 4 is 11.7 Å². The number of rotatable bonds is 3. The number of nitrogens with one attached hydrogen (secondary N) is 1. The van der Waals surface area contributed by atoms with E-state index in [0.717, 1.165) is 11.3 Å². The zero-order valence-electron chi connectivity index (χ0n) is 10.0. The molecule has 0 fully saturated rings. The SMILES string of the molecule is NC(=O)c1ccc(NC2COc3ccccc32)nn1. The van der Waals surface area contributed by atoms with Crippen LogP contribution in [0.2, 0.25) is 0 Å². The van der Waals surface area contributed by atoms with Gasteiger partial charge in [-0.1, -0.05) is 18.2 Å². The number of benzene rings is 1. The molecule has 1 aliphatic rings. The molecule has 1 unspecified atom stereocenters. The average Bonchev–Trinajstić information content (AvgIpc) is 2.83. The summed E-state index contributed by atoms with van der Waals surface area (Å²) in [7, 11) is 0. The van der Waals surface area contributed by atoms with E-state index in [0.29, 0.717) is 12.4 Å². The van der Waals surface area contributed by atoms with Crippen molar-refractivity contribution in [2.45, 2.75) is 6.04 Å². The van der Waals surface area contributed by atoms with Gasteiger partial charge in [-0.3, -0.25) is 4.79 Å². The van der Waals surface area contributed by atoms with Crippen LogP contribution in [-0.2, 0) is 0 Å². The number of hydrogen-bond donors (Lipinski definition) is 2. The van der Waals surface area contributed by atoms with Crippen LogP contribution < -0.4 is 15.8 Å². The highest BCUT2D eigenvalue weighted by Crippen LogP contribution is 2.33. The lowest BCUT2D eigenvalue weighted by Crippen LogP contribution is -2.16. The van der Waals surface area contributed by atoms with Gasteiger partial charge in [-0.15, -0.1) is 10.2 Å². The summed E-state index contributed by atoms with van der Waals surface area (Å²) in [5.41, 5.74) is 6.34. The molecule has 0 spiro atoms. The van der Waals surface area contributed by atoms with Gasteiger partial charge >= 0.3 is 0 Å². The van der Waals surface area contributed by atoms with E-state index < -0.39 is 5.91 Å². The molecule has 1 aromatic carbocycles. The molecule has 1 aromatic heterocycles. The number of para-hydroxylation sites is 1. The Morgan fingerprint density at radius 1 is 1.26 bits per heavy atom. The summed E-state index contributed by atoms with van der Waals surface area (Å²) in [6.07, 6.45) is 0. The Morgan fingerprint density at radius 3 is 2.84 bits per heavy atom. The summed E-state index contributed by atoms with van der Waals surface area (Å²) >= 11 is 0. The quantitative estimate of drug-likeness (QED) is 0.858. The van der Waals surface area contributed by atoms with Gasteiger partial charge in [-0.05, 0) is 18.2 Å². The highest BCUT2D eigenvalue weighted by atomic mass is 16.5. The normalized spacial score (nSPS) is 16.5. The van der Waals surface area contributed by atoms with E-state index in [1.165, 1.54) is 0 Å². The summed E-state index contributed by atoms with van der Waals surface area (Å²) in [5, 5.41) is 10.9. The van der Waals surface area contributed by atoms with Crippen molar-refractivity contribution in [2.75, 3.05) is 11.9 Å². The third-order valence-corrected chi connectivity index (χ3v) is 2.94. The fourth-order valence-corrected chi connectivity index (χ4v) is 2.00. The minimum atomic E-state index is -0.589. The van der Waals surface area contributed by atoms with E-state index in [-0.39, 0.29) is 11.7 Å². The molecule has 2 aromatic rings. The Morgan fingerprint density at radius 2 is 2.11 bits per heavy atom. The first kappa shape index (κ1) is 11.5. The van der Waals surface area contributed by atoms with Crippen LogP contribution in [0.25, 0.3) is 0 Å². The molecule has 1 amide bonds. The van der Waals surface area contributed by atoms with Crippen LogP contribution in [0.5, 0.6) is 5.75 Å². The molecule has 0 saturated heterocycles. The molecule has 0 bridgehead atoms. The smallest absolute Gasteiger partial charge is 0.269 e. The molecule has 6 nitrogen and oxygen atoms in total. The Kier molecular flexibility index (Phi) is 2.75. The summed E-state index contributed by atoms with van der Waals surface area (Å²) in [4.78, 5) is 10.9. The van der Waals surface area contributed by atoms with E-state index in [1.807, 2.05) is 24.3 Å². The van der Waals surface area contributed by atoms with Crippen LogP contribution in [0.4, 0.5) is 5.82 Å². The molecule has 0 aliphatic carbocycles. The van der Waals surface area contributed by atoms with Crippen LogP contribution in [0.3, 0.4) is 0 Å². The number of ether oxygens (including phenoxy) is 1. The van der Waals surface area contributed by atoms with E-state index >= 15 is 0 Å².